The van der Waals surface area contributed by atoms with Crippen LogP contribution in [-0.4, -0.2) is 36.5 Å². The van der Waals surface area contributed by atoms with Crippen LogP contribution in [0.15, 0.2) is 0 Å². The minimum absolute atomic E-state index is 0.188. The maximum atomic E-state index is 8.58. The fraction of sp³-hybridized carbons (Fsp3) is 1.00. The average Bonchev–Trinajstić information content (AvgIpc) is 1.90. The number of hydrogen-bond acceptors (Lipinski definition) is 3. The summed E-state index contributed by atoms with van der Waals surface area (Å²) in [4.78, 5) is 1.96. The van der Waals surface area contributed by atoms with Gasteiger partial charge < -0.3 is 10.4 Å². The molecule has 1 saturated heterocycles. The summed E-state index contributed by atoms with van der Waals surface area (Å²) in [7, 11) is 0. The summed E-state index contributed by atoms with van der Waals surface area (Å²) in [6.07, 6.45) is 1.15. The third kappa shape index (κ3) is 1.43. The smallest absolute Gasteiger partial charge is 0.0966 e. The van der Waals surface area contributed by atoms with Crippen LogP contribution < -0.4 is 5.32 Å². The van der Waals surface area contributed by atoms with Gasteiger partial charge in [-0.2, -0.15) is 0 Å². The van der Waals surface area contributed by atoms with Gasteiger partial charge in [0, 0.05) is 6.54 Å². The van der Waals surface area contributed by atoms with E-state index in [9.17, 15) is 0 Å². The quantitative estimate of drug-likeness (QED) is 0.470. The highest BCUT2D eigenvalue weighted by Crippen LogP contribution is 1.91. The molecule has 0 aromatic carbocycles. The molecule has 0 aliphatic carbocycles. The first-order chi connectivity index (χ1) is 3.93. The molecule has 0 bridgehead atoms. The van der Waals surface area contributed by atoms with Crippen molar-refractivity contribution in [3.8, 4) is 0 Å². The Bertz CT molecular complexity index is 61.4. The zero-order valence-electron chi connectivity index (χ0n) is 4.93. The van der Waals surface area contributed by atoms with Gasteiger partial charge >= 0.3 is 0 Å². The summed E-state index contributed by atoms with van der Waals surface area (Å²) >= 11 is 0. The van der Waals surface area contributed by atoms with Gasteiger partial charge in [-0.25, -0.2) is 0 Å². The molecule has 0 spiro atoms. The summed E-state index contributed by atoms with van der Waals surface area (Å²) in [6.45, 7) is 3.16. The number of rotatable bonds is 1. The first-order valence-corrected chi connectivity index (χ1v) is 2.97. The number of aliphatic hydroxyl groups is 1. The molecule has 0 aromatic heterocycles. The Morgan fingerprint density at radius 1 is 1.62 bits per heavy atom. The first kappa shape index (κ1) is 6.01. The second-order valence-corrected chi connectivity index (χ2v) is 2.05. The number of aliphatic hydroxyl groups excluding tert-OH is 1. The maximum Gasteiger partial charge on any atom is 0.0966 e. The van der Waals surface area contributed by atoms with Crippen LogP contribution in [0.4, 0.5) is 0 Å². The Hall–Kier alpha value is -0.120. The molecule has 48 valence electrons. The fourth-order valence-electron chi connectivity index (χ4n) is 0.865. The second kappa shape index (κ2) is 3.02. The molecule has 3 heteroatoms. The van der Waals surface area contributed by atoms with Gasteiger partial charge in [-0.15, -0.1) is 0 Å². The monoisotopic (exact) mass is 116 g/mol. The number of nitrogens with one attached hydrogen (secondary N) is 1. The van der Waals surface area contributed by atoms with Gasteiger partial charge in [0.05, 0.1) is 13.4 Å². The second-order valence-electron chi connectivity index (χ2n) is 2.05. The van der Waals surface area contributed by atoms with Gasteiger partial charge in [0.15, 0.2) is 0 Å². The molecule has 0 saturated carbocycles. The van der Waals surface area contributed by atoms with Crippen molar-refractivity contribution in [1.82, 2.24) is 10.2 Å². The summed E-state index contributed by atoms with van der Waals surface area (Å²) in [6, 6.07) is 0. The normalized spacial score (nSPS) is 23.6. The largest absolute Gasteiger partial charge is 0.381 e. The molecule has 0 aromatic rings. The van der Waals surface area contributed by atoms with Gasteiger partial charge in [0.25, 0.3) is 0 Å². The van der Waals surface area contributed by atoms with Gasteiger partial charge in [-0.3, -0.25) is 4.90 Å². The lowest BCUT2D eigenvalue weighted by molar-refractivity contribution is 0.0834. The zero-order chi connectivity index (χ0) is 5.82. The number of hydrogen-bond donors (Lipinski definition) is 2. The van der Waals surface area contributed by atoms with Crippen molar-refractivity contribution < 1.29 is 5.11 Å². The zero-order valence-corrected chi connectivity index (χ0v) is 4.93. The van der Waals surface area contributed by atoms with Crippen molar-refractivity contribution in [2.24, 2.45) is 0 Å². The van der Waals surface area contributed by atoms with E-state index >= 15 is 0 Å². The van der Waals surface area contributed by atoms with Gasteiger partial charge in [-0.1, -0.05) is 0 Å². The topological polar surface area (TPSA) is 35.5 Å². The van der Waals surface area contributed by atoms with Crippen LogP contribution in [-0.2, 0) is 0 Å². The van der Waals surface area contributed by atoms with Crippen molar-refractivity contribution >= 4 is 0 Å². The van der Waals surface area contributed by atoms with E-state index in [-0.39, 0.29) is 6.73 Å². The van der Waals surface area contributed by atoms with Gasteiger partial charge in [-0.05, 0) is 13.0 Å². The van der Waals surface area contributed by atoms with Crippen molar-refractivity contribution in [1.29, 1.82) is 0 Å². The lowest BCUT2D eigenvalue weighted by Gasteiger charge is -2.24. The van der Waals surface area contributed by atoms with Crippen LogP contribution in [0.5, 0.6) is 0 Å². The Balaban J connectivity index is 2.13. The highest BCUT2D eigenvalue weighted by Gasteiger charge is 2.05. The van der Waals surface area contributed by atoms with Gasteiger partial charge in [0.1, 0.15) is 0 Å². The molecule has 1 fully saturated rings. The third-order valence-electron chi connectivity index (χ3n) is 1.36. The molecule has 1 rings (SSSR count). The highest BCUT2D eigenvalue weighted by atomic mass is 16.3. The molecule has 8 heavy (non-hydrogen) atoms. The van der Waals surface area contributed by atoms with Crippen molar-refractivity contribution in [3.05, 3.63) is 0 Å². The molecule has 3 nitrogen and oxygen atoms in total. The standard InChI is InChI=1S/C5H12N2O/c8-5-7-3-1-2-6-4-7/h6,8H,1-5H2. The van der Waals surface area contributed by atoms with E-state index in [2.05, 4.69) is 5.32 Å². The van der Waals surface area contributed by atoms with E-state index in [0.29, 0.717) is 0 Å². The summed E-state index contributed by atoms with van der Waals surface area (Å²) in [5.41, 5.74) is 0. The molecular weight excluding hydrogens is 104 g/mol. The van der Waals surface area contributed by atoms with Crippen LogP contribution in [0.3, 0.4) is 0 Å². The Morgan fingerprint density at radius 3 is 2.88 bits per heavy atom. The van der Waals surface area contributed by atoms with E-state index < -0.39 is 0 Å². The van der Waals surface area contributed by atoms with E-state index in [1.165, 1.54) is 0 Å². The van der Waals surface area contributed by atoms with E-state index in [0.717, 1.165) is 26.2 Å². The maximum absolute atomic E-state index is 8.58. The lowest BCUT2D eigenvalue weighted by atomic mass is 10.3. The molecule has 0 radical (unpaired) electrons. The van der Waals surface area contributed by atoms with E-state index in [1.54, 1.807) is 0 Å². The summed E-state index contributed by atoms with van der Waals surface area (Å²) in [5.74, 6) is 0. The Kier molecular flexibility index (Phi) is 2.27. The molecule has 1 aliphatic rings. The van der Waals surface area contributed by atoms with Crippen LogP contribution in [0.1, 0.15) is 6.42 Å². The molecule has 0 atom stereocenters. The SMILES string of the molecule is OCN1CCCNC1. The van der Waals surface area contributed by atoms with Gasteiger partial charge in [0.2, 0.25) is 0 Å². The Morgan fingerprint density at radius 2 is 2.50 bits per heavy atom. The molecule has 1 heterocycles. The van der Waals surface area contributed by atoms with E-state index in [4.69, 9.17) is 5.11 Å². The fourth-order valence-corrected chi connectivity index (χ4v) is 0.865. The molecule has 2 N–H and O–H groups in total. The highest BCUT2D eigenvalue weighted by molar-refractivity contribution is 4.59. The minimum atomic E-state index is 0.188. The van der Waals surface area contributed by atoms with Crippen molar-refractivity contribution in [2.45, 2.75) is 6.42 Å². The molecule has 0 unspecified atom stereocenters. The minimum Gasteiger partial charge on any atom is -0.381 e. The van der Waals surface area contributed by atoms with Crippen molar-refractivity contribution in [3.63, 3.8) is 0 Å². The van der Waals surface area contributed by atoms with Crippen LogP contribution in [0.2, 0.25) is 0 Å². The molecular formula is C5H12N2O. The van der Waals surface area contributed by atoms with Crippen molar-refractivity contribution in [2.75, 3.05) is 26.5 Å². The van der Waals surface area contributed by atoms with Crippen LogP contribution in [0.25, 0.3) is 0 Å². The summed E-state index contributed by atoms with van der Waals surface area (Å²) in [5, 5.41) is 11.7. The lowest BCUT2D eigenvalue weighted by Crippen LogP contribution is -2.41. The molecule has 1 aliphatic heterocycles. The predicted molar refractivity (Wildman–Crippen MR) is 31.3 cm³/mol. The van der Waals surface area contributed by atoms with Crippen LogP contribution >= 0.6 is 0 Å². The number of nitrogens with zero attached hydrogens (tertiary/aromatic N) is 1. The predicted octanol–water partition coefficient (Wildman–Crippen LogP) is -0.811. The Labute approximate surface area is 49.3 Å². The average molecular weight is 116 g/mol. The molecule has 0 amide bonds. The van der Waals surface area contributed by atoms with Crippen LogP contribution in [0, 0.1) is 0 Å². The first-order valence-electron chi connectivity index (χ1n) is 2.97. The summed E-state index contributed by atoms with van der Waals surface area (Å²) < 4.78 is 0. The van der Waals surface area contributed by atoms with E-state index in [1.807, 2.05) is 4.90 Å². The third-order valence-corrected chi connectivity index (χ3v) is 1.36.